The highest BCUT2D eigenvalue weighted by molar-refractivity contribution is 7.98. The summed E-state index contributed by atoms with van der Waals surface area (Å²) in [5.41, 5.74) is 3.73. The molecule has 0 saturated carbocycles. The van der Waals surface area contributed by atoms with Crippen molar-refractivity contribution in [2.45, 2.75) is 11.8 Å². The summed E-state index contributed by atoms with van der Waals surface area (Å²) in [5.74, 6) is -0.932. The second-order valence-electron chi connectivity index (χ2n) is 5.11. The summed E-state index contributed by atoms with van der Waals surface area (Å²) in [7, 11) is 0. The summed E-state index contributed by atoms with van der Waals surface area (Å²) in [5, 5.41) is 10.2. The molecule has 3 aromatic rings. The summed E-state index contributed by atoms with van der Waals surface area (Å²) >= 11 is 1.61. The van der Waals surface area contributed by atoms with Gasteiger partial charge in [0.05, 0.1) is 16.8 Å². The van der Waals surface area contributed by atoms with Gasteiger partial charge >= 0.3 is 5.97 Å². The van der Waals surface area contributed by atoms with Crippen molar-refractivity contribution < 1.29 is 9.90 Å². The van der Waals surface area contributed by atoms with Crippen LogP contribution < -0.4 is 0 Å². The number of hydrogen-bond donors (Lipinski definition) is 1. The fourth-order valence-electron chi connectivity index (χ4n) is 2.46. The van der Waals surface area contributed by atoms with Gasteiger partial charge in [-0.3, -0.25) is 0 Å². The van der Waals surface area contributed by atoms with E-state index in [0.29, 0.717) is 16.6 Å². The zero-order valence-electron chi connectivity index (χ0n) is 12.3. The van der Waals surface area contributed by atoms with Gasteiger partial charge in [0.15, 0.2) is 0 Å². The van der Waals surface area contributed by atoms with Crippen LogP contribution in [-0.2, 0) is 0 Å². The van der Waals surface area contributed by atoms with E-state index >= 15 is 0 Å². The van der Waals surface area contributed by atoms with Gasteiger partial charge in [-0.05, 0) is 37.4 Å². The zero-order valence-corrected chi connectivity index (χ0v) is 13.1. The summed E-state index contributed by atoms with van der Waals surface area (Å²) < 4.78 is 0. The number of fused-ring (bicyclic) bond motifs is 1. The molecule has 4 heteroatoms. The molecule has 0 spiro atoms. The van der Waals surface area contributed by atoms with Crippen LogP contribution in [0.15, 0.2) is 53.4 Å². The summed E-state index contributed by atoms with van der Waals surface area (Å²) in [6.07, 6.45) is 1.99. The second-order valence-corrected chi connectivity index (χ2v) is 5.99. The number of nitrogens with zero attached hydrogens (tertiary/aromatic N) is 1. The number of carboxylic acids is 1. The van der Waals surface area contributed by atoms with Crippen LogP contribution >= 0.6 is 11.8 Å². The molecule has 3 nitrogen and oxygen atoms in total. The lowest BCUT2D eigenvalue weighted by Crippen LogP contribution is -2.00. The molecular weight excluding hydrogens is 294 g/mol. The largest absolute Gasteiger partial charge is 0.478 e. The predicted octanol–water partition coefficient (Wildman–Crippen LogP) is 4.63. The minimum Gasteiger partial charge on any atom is -0.478 e. The Hall–Kier alpha value is -2.33. The Morgan fingerprint density at radius 3 is 2.64 bits per heavy atom. The van der Waals surface area contributed by atoms with E-state index in [4.69, 9.17) is 0 Å². The number of pyridine rings is 1. The lowest BCUT2D eigenvalue weighted by molar-refractivity contribution is 0.0699. The quantitative estimate of drug-likeness (QED) is 0.717. The average molecular weight is 309 g/mol. The minimum atomic E-state index is -0.932. The van der Waals surface area contributed by atoms with E-state index < -0.39 is 5.97 Å². The second kappa shape index (κ2) is 5.81. The van der Waals surface area contributed by atoms with Gasteiger partial charge in [0.25, 0.3) is 0 Å². The van der Waals surface area contributed by atoms with E-state index in [1.165, 1.54) is 0 Å². The van der Waals surface area contributed by atoms with Crippen LogP contribution in [0.1, 0.15) is 15.9 Å². The topological polar surface area (TPSA) is 50.2 Å². The van der Waals surface area contributed by atoms with Crippen LogP contribution in [0.25, 0.3) is 22.2 Å². The molecular formula is C18H15NO2S. The van der Waals surface area contributed by atoms with Crippen molar-refractivity contribution in [2.75, 3.05) is 6.26 Å². The molecule has 0 saturated heterocycles. The van der Waals surface area contributed by atoms with Gasteiger partial charge in [-0.15, -0.1) is 11.8 Å². The molecule has 110 valence electrons. The Labute approximate surface area is 133 Å². The maximum atomic E-state index is 11.6. The number of carboxylic acid groups (broad SMARTS) is 1. The molecule has 1 N–H and O–H groups in total. The van der Waals surface area contributed by atoms with Crippen LogP contribution in [0.5, 0.6) is 0 Å². The molecule has 0 unspecified atom stereocenters. The molecule has 0 aliphatic carbocycles. The first-order valence-electron chi connectivity index (χ1n) is 6.87. The smallest absolute Gasteiger partial charge is 0.336 e. The number of carbonyl (C=O) groups is 1. The molecule has 0 fully saturated rings. The van der Waals surface area contributed by atoms with E-state index in [1.54, 1.807) is 17.8 Å². The maximum absolute atomic E-state index is 11.6. The van der Waals surface area contributed by atoms with E-state index in [-0.39, 0.29) is 5.56 Å². The molecule has 3 rings (SSSR count). The first-order valence-corrected chi connectivity index (χ1v) is 8.10. The molecule has 0 amide bonds. The van der Waals surface area contributed by atoms with Gasteiger partial charge in [-0.1, -0.05) is 29.8 Å². The maximum Gasteiger partial charge on any atom is 0.336 e. The fourth-order valence-corrected chi connectivity index (χ4v) is 2.90. The van der Waals surface area contributed by atoms with Crippen molar-refractivity contribution in [1.29, 1.82) is 0 Å². The van der Waals surface area contributed by atoms with Crippen molar-refractivity contribution in [3.63, 3.8) is 0 Å². The Morgan fingerprint density at radius 2 is 1.95 bits per heavy atom. The van der Waals surface area contributed by atoms with Crippen LogP contribution in [0.4, 0.5) is 0 Å². The highest BCUT2D eigenvalue weighted by Gasteiger charge is 2.13. The fraction of sp³-hybridized carbons (Fsp3) is 0.111. The van der Waals surface area contributed by atoms with Crippen LogP contribution in [0.3, 0.4) is 0 Å². The Balaban J connectivity index is 2.29. The van der Waals surface area contributed by atoms with Gasteiger partial charge in [0, 0.05) is 15.8 Å². The Bertz CT molecular complexity index is 874. The average Bonchev–Trinajstić information content (AvgIpc) is 2.53. The van der Waals surface area contributed by atoms with Gasteiger partial charge in [-0.2, -0.15) is 0 Å². The van der Waals surface area contributed by atoms with Crippen molar-refractivity contribution >= 4 is 28.6 Å². The number of aryl methyl sites for hydroxylation is 1. The van der Waals surface area contributed by atoms with Crippen LogP contribution in [0, 0.1) is 6.92 Å². The van der Waals surface area contributed by atoms with Crippen molar-refractivity contribution in [1.82, 2.24) is 4.98 Å². The molecule has 0 bridgehead atoms. The third kappa shape index (κ3) is 2.70. The van der Waals surface area contributed by atoms with Gasteiger partial charge in [0.2, 0.25) is 0 Å². The number of benzene rings is 2. The number of aromatic carboxylic acids is 1. The SMILES string of the molecule is CSc1ccc2c(C(=O)O)cc(-c3cccc(C)c3)nc2c1. The van der Waals surface area contributed by atoms with Crippen molar-refractivity contribution in [3.05, 3.63) is 59.7 Å². The molecule has 0 atom stereocenters. The molecule has 2 aromatic carbocycles. The number of rotatable bonds is 3. The summed E-state index contributed by atoms with van der Waals surface area (Å²) in [6.45, 7) is 2.01. The number of aromatic nitrogens is 1. The molecule has 0 aliphatic heterocycles. The number of thioether (sulfide) groups is 1. The monoisotopic (exact) mass is 309 g/mol. The lowest BCUT2D eigenvalue weighted by atomic mass is 10.0. The Morgan fingerprint density at radius 1 is 1.14 bits per heavy atom. The van der Waals surface area contributed by atoms with E-state index in [1.807, 2.05) is 55.6 Å². The van der Waals surface area contributed by atoms with Gasteiger partial charge < -0.3 is 5.11 Å². The minimum absolute atomic E-state index is 0.286. The first-order chi connectivity index (χ1) is 10.6. The predicted molar refractivity (Wildman–Crippen MR) is 90.7 cm³/mol. The van der Waals surface area contributed by atoms with E-state index in [2.05, 4.69) is 4.98 Å². The zero-order chi connectivity index (χ0) is 15.7. The standard InChI is InChI=1S/C18H15NO2S/c1-11-4-3-5-12(8-11)16-10-15(18(20)21)14-7-6-13(22-2)9-17(14)19-16/h3-10H,1-2H3,(H,20,21). The van der Waals surface area contributed by atoms with Crippen molar-refractivity contribution in [2.24, 2.45) is 0 Å². The molecule has 22 heavy (non-hydrogen) atoms. The highest BCUT2D eigenvalue weighted by Crippen LogP contribution is 2.28. The van der Waals surface area contributed by atoms with Gasteiger partial charge in [0.1, 0.15) is 0 Å². The Kier molecular flexibility index (Phi) is 3.86. The summed E-state index contributed by atoms with van der Waals surface area (Å²) in [4.78, 5) is 17.3. The van der Waals surface area contributed by atoms with Crippen LogP contribution in [-0.4, -0.2) is 22.3 Å². The third-order valence-corrected chi connectivity index (χ3v) is 4.29. The van der Waals surface area contributed by atoms with E-state index in [9.17, 15) is 9.90 Å². The van der Waals surface area contributed by atoms with Gasteiger partial charge in [-0.25, -0.2) is 9.78 Å². The molecule has 0 radical (unpaired) electrons. The third-order valence-electron chi connectivity index (χ3n) is 3.56. The number of hydrogen-bond acceptors (Lipinski definition) is 3. The van der Waals surface area contributed by atoms with Crippen LogP contribution in [0.2, 0.25) is 0 Å². The highest BCUT2D eigenvalue weighted by atomic mass is 32.2. The normalized spacial score (nSPS) is 10.8. The lowest BCUT2D eigenvalue weighted by Gasteiger charge is -2.09. The molecule has 1 aromatic heterocycles. The molecule has 1 heterocycles. The molecule has 0 aliphatic rings. The van der Waals surface area contributed by atoms with E-state index in [0.717, 1.165) is 16.0 Å². The van der Waals surface area contributed by atoms with Crippen molar-refractivity contribution in [3.8, 4) is 11.3 Å². The first kappa shape index (κ1) is 14.6. The summed E-state index contributed by atoms with van der Waals surface area (Å²) in [6, 6.07) is 15.3.